The van der Waals surface area contributed by atoms with Crippen molar-refractivity contribution in [2.75, 3.05) is 0 Å². The lowest BCUT2D eigenvalue weighted by molar-refractivity contribution is -0.137. The number of alkyl halides is 3. The molecule has 10 heteroatoms. The Kier molecular flexibility index (Phi) is 5.44. The Bertz CT molecular complexity index is 1470. The van der Waals surface area contributed by atoms with E-state index in [1.807, 2.05) is 0 Å². The predicted molar refractivity (Wildman–Crippen MR) is 110 cm³/mol. The van der Waals surface area contributed by atoms with Crippen molar-refractivity contribution in [1.82, 2.24) is 4.57 Å². The molecule has 0 saturated heterocycles. The van der Waals surface area contributed by atoms with Crippen LogP contribution < -0.4 is 5.56 Å². The molecule has 4 rings (SSSR count). The second-order valence-corrected chi connectivity index (χ2v) is 6.89. The van der Waals surface area contributed by atoms with Gasteiger partial charge in [0.2, 0.25) is 5.88 Å². The molecule has 0 amide bonds. The zero-order valence-corrected chi connectivity index (χ0v) is 16.4. The van der Waals surface area contributed by atoms with E-state index in [1.165, 1.54) is 30.3 Å². The smallest absolute Gasteiger partial charge is 0.418 e. The van der Waals surface area contributed by atoms with Gasteiger partial charge < -0.3 is 5.11 Å². The van der Waals surface area contributed by atoms with Crippen molar-refractivity contribution in [1.29, 1.82) is 0 Å². The zero-order chi connectivity index (χ0) is 23.9. The number of halogens is 6. The summed E-state index contributed by atoms with van der Waals surface area (Å²) in [6.07, 6.45) is -3.98. The van der Waals surface area contributed by atoms with Crippen LogP contribution in [0, 0.1) is 17.5 Å². The molecule has 0 fully saturated rings. The van der Waals surface area contributed by atoms with Crippen LogP contribution in [0.4, 0.5) is 32.0 Å². The molecule has 3 aromatic carbocycles. The van der Waals surface area contributed by atoms with Gasteiger partial charge in [-0.2, -0.15) is 13.2 Å². The number of pyridine rings is 1. The third-order valence-electron chi connectivity index (χ3n) is 4.90. The lowest BCUT2D eigenvalue weighted by Crippen LogP contribution is -2.23. The number of hydrogen-bond acceptors (Lipinski definition) is 3. The van der Waals surface area contributed by atoms with Gasteiger partial charge in [0.05, 0.1) is 16.8 Å². The molecule has 0 aliphatic carbocycles. The molecule has 0 atom stereocenters. The first kappa shape index (κ1) is 22.1. The zero-order valence-electron chi connectivity index (χ0n) is 16.4. The molecule has 1 heterocycles. The van der Waals surface area contributed by atoms with Crippen molar-refractivity contribution in [2.24, 2.45) is 4.99 Å². The molecule has 0 bridgehead atoms. The topological polar surface area (TPSA) is 54.6 Å². The molecule has 0 radical (unpaired) electrons. The van der Waals surface area contributed by atoms with E-state index in [0.29, 0.717) is 10.6 Å². The molecule has 33 heavy (non-hydrogen) atoms. The van der Waals surface area contributed by atoms with E-state index in [-0.39, 0.29) is 16.3 Å². The Hall–Kier alpha value is -4.08. The third kappa shape index (κ3) is 3.84. The summed E-state index contributed by atoms with van der Waals surface area (Å²) in [7, 11) is 0. The van der Waals surface area contributed by atoms with Crippen LogP contribution in [0.15, 0.2) is 70.5 Å². The maximum absolute atomic E-state index is 14.0. The van der Waals surface area contributed by atoms with Crippen LogP contribution >= 0.6 is 0 Å². The van der Waals surface area contributed by atoms with E-state index in [0.717, 1.165) is 30.5 Å². The average Bonchev–Trinajstić information content (AvgIpc) is 2.78. The summed E-state index contributed by atoms with van der Waals surface area (Å²) in [6, 6.07) is 11.3. The predicted octanol–water partition coefficient (Wildman–Crippen LogP) is 5.88. The highest BCUT2D eigenvalue weighted by Crippen LogP contribution is 2.36. The van der Waals surface area contributed by atoms with Crippen LogP contribution in [0.3, 0.4) is 0 Å². The lowest BCUT2D eigenvalue weighted by Gasteiger charge is -2.18. The number of rotatable bonds is 3. The van der Waals surface area contributed by atoms with E-state index in [2.05, 4.69) is 4.99 Å². The molecule has 0 aliphatic heterocycles. The number of nitrogens with zero attached hydrogens (tertiary/aromatic N) is 2. The Balaban J connectivity index is 2.02. The van der Waals surface area contributed by atoms with Crippen molar-refractivity contribution >= 4 is 22.7 Å². The Morgan fingerprint density at radius 3 is 2.18 bits per heavy atom. The SMILES string of the molecule is O=c1c2ccccc2c(C=Nc2ccc(F)c(F)c2F)c(O)n1-c1ccccc1C(F)(F)F. The van der Waals surface area contributed by atoms with Crippen LogP contribution in [0.2, 0.25) is 0 Å². The van der Waals surface area contributed by atoms with E-state index >= 15 is 0 Å². The molecule has 1 aromatic heterocycles. The number of para-hydroxylation sites is 1. The molecule has 0 saturated carbocycles. The number of aliphatic imine (C=N–C) groups is 1. The summed E-state index contributed by atoms with van der Waals surface area (Å²) in [4.78, 5) is 16.8. The summed E-state index contributed by atoms with van der Waals surface area (Å²) in [5, 5.41) is 10.9. The van der Waals surface area contributed by atoms with E-state index in [1.54, 1.807) is 0 Å². The van der Waals surface area contributed by atoms with Crippen molar-refractivity contribution in [3.8, 4) is 11.6 Å². The molecule has 0 spiro atoms. The number of benzene rings is 3. The fourth-order valence-corrected chi connectivity index (χ4v) is 3.37. The minimum atomic E-state index is -4.84. The van der Waals surface area contributed by atoms with Crippen LogP contribution in [0.5, 0.6) is 5.88 Å². The molecule has 4 aromatic rings. The summed E-state index contributed by atoms with van der Waals surface area (Å²) in [6.45, 7) is 0. The van der Waals surface area contributed by atoms with E-state index < -0.39 is 52.0 Å². The largest absolute Gasteiger partial charge is 0.494 e. The highest BCUT2D eigenvalue weighted by Gasteiger charge is 2.34. The van der Waals surface area contributed by atoms with Gasteiger partial charge in [0.1, 0.15) is 5.69 Å². The van der Waals surface area contributed by atoms with Gasteiger partial charge in [-0.15, -0.1) is 0 Å². The standard InChI is InChI=1S/C23H12F6N2O2/c24-16-9-10-17(20(26)19(16)25)30-11-14-12-5-1-2-6-13(12)21(32)31(22(14)33)18-8-4-3-7-15(18)23(27,28)29/h1-11,33H. The van der Waals surface area contributed by atoms with Crippen molar-refractivity contribution in [3.63, 3.8) is 0 Å². The van der Waals surface area contributed by atoms with Gasteiger partial charge in [-0.3, -0.25) is 9.79 Å². The number of aromatic hydroxyl groups is 1. The first-order chi connectivity index (χ1) is 15.6. The van der Waals surface area contributed by atoms with Crippen LogP contribution in [0.1, 0.15) is 11.1 Å². The maximum Gasteiger partial charge on any atom is 0.418 e. The molecule has 0 unspecified atom stereocenters. The van der Waals surface area contributed by atoms with Crippen LogP contribution in [-0.4, -0.2) is 15.9 Å². The molecule has 1 N–H and O–H groups in total. The van der Waals surface area contributed by atoms with Gasteiger partial charge >= 0.3 is 6.18 Å². The van der Waals surface area contributed by atoms with E-state index in [4.69, 9.17) is 0 Å². The number of hydrogen-bond donors (Lipinski definition) is 1. The summed E-state index contributed by atoms with van der Waals surface area (Å²) >= 11 is 0. The summed E-state index contributed by atoms with van der Waals surface area (Å²) in [5.41, 5.74) is -3.59. The van der Waals surface area contributed by atoms with Crippen LogP contribution in [0.25, 0.3) is 16.5 Å². The summed E-state index contributed by atoms with van der Waals surface area (Å²) < 4.78 is 81.9. The highest BCUT2D eigenvalue weighted by molar-refractivity contribution is 6.02. The average molecular weight is 462 g/mol. The van der Waals surface area contributed by atoms with Crippen molar-refractivity contribution < 1.29 is 31.4 Å². The van der Waals surface area contributed by atoms with E-state index in [9.17, 15) is 36.2 Å². The first-order valence-corrected chi connectivity index (χ1v) is 9.32. The number of fused-ring (bicyclic) bond motifs is 1. The van der Waals surface area contributed by atoms with Gasteiger partial charge in [0, 0.05) is 17.0 Å². The fourth-order valence-electron chi connectivity index (χ4n) is 3.37. The number of aromatic nitrogens is 1. The molecule has 0 aliphatic rings. The van der Waals surface area contributed by atoms with Gasteiger partial charge in [0.15, 0.2) is 17.5 Å². The highest BCUT2D eigenvalue weighted by atomic mass is 19.4. The minimum absolute atomic E-state index is 0.0560. The minimum Gasteiger partial charge on any atom is -0.494 e. The maximum atomic E-state index is 14.0. The normalized spacial score (nSPS) is 12.1. The van der Waals surface area contributed by atoms with Crippen molar-refractivity contribution in [2.45, 2.75) is 6.18 Å². The Morgan fingerprint density at radius 2 is 1.48 bits per heavy atom. The van der Waals surface area contributed by atoms with Crippen molar-refractivity contribution in [3.05, 3.63) is 99.6 Å². The van der Waals surface area contributed by atoms with Gasteiger partial charge in [0.25, 0.3) is 5.56 Å². The quantitative estimate of drug-likeness (QED) is 0.235. The first-order valence-electron chi connectivity index (χ1n) is 9.32. The summed E-state index contributed by atoms with van der Waals surface area (Å²) in [5.74, 6) is -5.69. The second-order valence-electron chi connectivity index (χ2n) is 6.89. The van der Waals surface area contributed by atoms with Gasteiger partial charge in [-0.05, 0) is 30.3 Å². The lowest BCUT2D eigenvalue weighted by atomic mass is 10.1. The molecule has 168 valence electrons. The monoisotopic (exact) mass is 462 g/mol. The second kappa shape index (κ2) is 8.12. The Labute approximate surface area is 181 Å². The molecule has 4 nitrogen and oxygen atoms in total. The molecular weight excluding hydrogens is 450 g/mol. The third-order valence-corrected chi connectivity index (χ3v) is 4.90. The Morgan fingerprint density at radius 1 is 0.848 bits per heavy atom. The van der Waals surface area contributed by atoms with Gasteiger partial charge in [-0.1, -0.05) is 30.3 Å². The van der Waals surface area contributed by atoms with Crippen LogP contribution in [-0.2, 0) is 6.18 Å². The molecular formula is C23H12F6N2O2. The van der Waals surface area contributed by atoms with Gasteiger partial charge in [-0.25, -0.2) is 17.7 Å². The fraction of sp³-hybridized carbons (Fsp3) is 0.0435.